The van der Waals surface area contributed by atoms with Gasteiger partial charge in [-0.1, -0.05) is 18.2 Å². The number of nitrogens with two attached hydrogens (primary N) is 1. The second kappa shape index (κ2) is 4.78. The van der Waals surface area contributed by atoms with Crippen molar-refractivity contribution < 1.29 is 0 Å². The summed E-state index contributed by atoms with van der Waals surface area (Å²) < 4.78 is 1.27. The first-order chi connectivity index (χ1) is 8.79. The third kappa shape index (κ3) is 1.95. The molecule has 3 nitrogen and oxygen atoms in total. The van der Waals surface area contributed by atoms with Crippen molar-refractivity contribution in [2.24, 2.45) is 5.84 Å². The molecule has 0 fully saturated rings. The largest absolute Gasteiger partial charge is 0.271 e. The lowest BCUT2D eigenvalue weighted by atomic mass is 10.0. The molecule has 3 aromatic rings. The van der Waals surface area contributed by atoms with Gasteiger partial charge in [0.1, 0.15) is 0 Å². The SMILES string of the molecule is Cc1nc(C(NN)c2cccc3ccsc23)cs1. The first kappa shape index (κ1) is 11.8. The first-order valence-corrected chi connectivity index (χ1v) is 7.40. The van der Waals surface area contributed by atoms with Gasteiger partial charge in [-0.15, -0.1) is 22.7 Å². The number of hydrogen-bond donors (Lipinski definition) is 2. The number of aromatic nitrogens is 1. The minimum atomic E-state index is -0.0442. The Bertz CT molecular complexity index is 671. The summed E-state index contributed by atoms with van der Waals surface area (Å²) in [5.41, 5.74) is 5.06. The zero-order valence-electron chi connectivity index (χ0n) is 9.88. The van der Waals surface area contributed by atoms with Gasteiger partial charge < -0.3 is 0 Å². The van der Waals surface area contributed by atoms with Gasteiger partial charge in [0.05, 0.1) is 16.7 Å². The highest BCUT2D eigenvalue weighted by atomic mass is 32.1. The van der Waals surface area contributed by atoms with Gasteiger partial charge in [-0.2, -0.15) is 0 Å². The molecule has 0 radical (unpaired) electrons. The highest BCUT2D eigenvalue weighted by Gasteiger charge is 2.18. The van der Waals surface area contributed by atoms with Crippen LogP contribution < -0.4 is 11.3 Å². The van der Waals surface area contributed by atoms with Crippen molar-refractivity contribution >= 4 is 32.8 Å². The van der Waals surface area contributed by atoms with Crippen LogP contribution in [0.2, 0.25) is 0 Å². The zero-order valence-corrected chi connectivity index (χ0v) is 11.5. The van der Waals surface area contributed by atoms with Crippen LogP contribution in [0.5, 0.6) is 0 Å². The molecule has 0 aliphatic rings. The second-order valence-corrected chi connectivity index (χ2v) is 6.06. The number of hydrogen-bond acceptors (Lipinski definition) is 5. The molecule has 3 N–H and O–H groups in total. The Morgan fingerprint density at radius 1 is 1.28 bits per heavy atom. The van der Waals surface area contributed by atoms with Crippen molar-refractivity contribution in [3.05, 3.63) is 51.3 Å². The molecule has 0 amide bonds. The Balaban J connectivity index is 2.14. The van der Waals surface area contributed by atoms with E-state index in [4.69, 9.17) is 5.84 Å². The summed E-state index contributed by atoms with van der Waals surface area (Å²) >= 11 is 3.39. The number of benzene rings is 1. The van der Waals surface area contributed by atoms with Crippen molar-refractivity contribution in [3.63, 3.8) is 0 Å². The summed E-state index contributed by atoms with van der Waals surface area (Å²) in [6, 6.07) is 8.38. The van der Waals surface area contributed by atoms with E-state index < -0.39 is 0 Å². The Morgan fingerprint density at radius 3 is 2.89 bits per heavy atom. The highest BCUT2D eigenvalue weighted by Crippen LogP contribution is 2.32. The molecule has 1 atom stereocenters. The zero-order chi connectivity index (χ0) is 12.5. The number of thiazole rings is 1. The van der Waals surface area contributed by atoms with Crippen LogP contribution in [0.1, 0.15) is 22.3 Å². The van der Waals surface area contributed by atoms with Gasteiger partial charge in [0, 0.05) is 10.1 Å². The molecule has 2 aromatic heterocycles. The first-order valence-electron chi connectivity index (χ1n) is 5.64. The van der Waals surface area contributed by atoms with Crippen LogP contribution in [-0.4, -0.2) is 4.98 Å². The number of thiophene rings is 1. The molecule has 0 saturated carbocycles. The van der Waals surface area contributed by atoms with Crippen molar-refractivity contribution in [1.82, 2.24) is 10.4 Å². The van der Waals surface area contributed by atoms with E-state index >= 15 is 0 Å². The maximum atomic E-state index is 5.73. The van der Waals surface area contributed by atoms with E-state index in [0.29, 0.717) is 0 Å². The second-order valence-electron chi connectivity index (χ2n) is 4.08. The van der Waals surface area contributed by atoms with Crippen LogP contribution >= 0.6 is 22.7 Å². The minimum absolute atomic E-state index is 0.0442. The van der Waals surface area contributed by atoms with Crippen LogP contribution in [0.4, 0.5) is 0 Å². The summed E-state index contributed by atoms with van der Waals surface area (Å²) in [6.07, 6.45) is 0. The fraction of sp³-hybridized carbons (Fsp3) is 0.154. The molecular weight excluding hydrogens is 262 g/mol. The van der Waals surface area contributed by atoms with E-state index in [1.807, 2.05) is 6.92 Å². The standard InChI is InChI=1S/C13H13N3S2/c1-8-15-11(7-18-8)12(16-14)10-4-2-3-9-5-6-17-13(9)10/h2-7,12,16H,14H2,1H3. The van der Waals surface area contributed by atoms with Gasteiger partial charge >= 0.3 is 0 Å². The lowest BCUT2D eigenvalue weighted by molar-refractivity contribution is 0.627. The molecule has 0 saturated heterocycles. The van der Waals surface area contributed by atoms with Crippen LogP contribution in [0.25, 0.3) is 10.1 Å². The number of rotatable bonds is 3. The Labute approximate surface area is 113 Å². The summed E-state index contributed by atoms with van der Waals surface area (Å²) in [5, 5.41) is 6.48. The average molecular weight is 275 g/mol. The maximum absolute atomic E-state index is 5.73. The van der Waals surface area contributed by atoms with Gasteiger partial charge in [-0.3, -0.25) is 5.84 Å². The fourth-order valence-corrected chi connectivity index (χ4v) is 3.67. The van der Waals surface area contributed by atoms with Gasteiger partial charge in [0.25, 0.3) is 0 Å². The van der Waals surface area contributed by atoms with Crippen LogP contribution in [0.15, 0.2) is 35.0 Å². The number of fused-ring (bicyclic) bond motifs is 1. The lowest BCUT2D eigenvalue weighted by Crippen LogP contribution is -2.29. The van der Waals surface area contributed by atoms with Gasteiger partial charge in [0.2, 0.25) is 0 Å². The number of aryl methyl sites for hydroxylation is 1. The molecule has 18 heavy (non-hydrogen) atoms. The van der Waals surface area contributed by atoms with E-state index in [-0.39, 0.29) is 6.04 Å². The van der Waals surface area contributed by atoms with Gasteiger partial charge in [-0.05, 0) is 29.3 Å². The lowest BCUT2D eigenvalue weighted by Gasteiger charge is -2.15. The summed E-state index contributed by atoms with van der Waals surface area (Å²) in [6.45, 7) is 2.01. The normalized spacial score (nSPS) is 13.0. The third-order valence-corrected chi connectivity index (χ3v) is 4.69. The Hall–Kier alpha value is -1.27. The fourth-order valence-electron chi connectivity index (χ4n) is 2.09. The van der Waals surface area contributed by atoms with E-state index in [9.17, 15) is 0 Å². The summed E-state index contributed by atoms with van der Waals surface area (Å²) in [4.78, 5) is 4.53. The summed E-state index contributed by atoms with van der Waals surface area (Å²) in [7, 11) is 0. The van der Waals surface area contributed by atoms with Crippen LogP contribution in [0.3, 0.4) is 0 Å². The Kier molecular flexibility index (Phi) is 3.13. The van der Waals surface area contributed by atoms with Gasteiger partial charge in [-0.25, -0.2) is 10.4 Å². The van der Waals surface area contributed by atoms with E-state index in [1.54, 1.807) is 22.7 Å². The average Bonchev–Trinajstić information content (AvgIpc) is 2.99. The van der Waals surface area contributed by atoms with Crippen LogP contribution in [0, 0.1) is 6.92 Å². The van der Waals surface area contributed by atoms with Crippen molar-refractivity contribution in [2.45, 2.75) is 13.0 Å². The topological polar surface area (TPSA) is 50.9 Å². The molecule has 1 unspecified atom stereocenters. The van der Waals surface area contributed by atoms with E-state index in [0.717, 1.165) is 10.7 Å². The summed E-state index contributed by atoms with van der Waals surface area (Å²) in [5.74, 6) is 5.73. The number of nitrogens with zero attached hydrogens (tertiary/aromatic N) is 1. The molecule has 5 heteroatoms. The minimum Gasteiger partial charge on any atom is -0.271 e. The van der Waals surface area contributed by atoms with Crippen molar-refractivity contribution in [3.8, 4) is 0 Å². The predicted molar refractivity (Wildman–Crippen MR) is 77.8 cm³/mol. The number of hydrazine groups is 1. The maximum Gasteiger partial charge on any atom is 0.0903 e. The molecule has 92 valence electrons. The molecule has 2 heterocycles. The number of nitrogens with one attached hydrogen (secondary N) is 1. The molecular formula is C13H13N3S2. The molecule has 0 spiro atoms. The smallest absolute Gasteiger partial charge is 0.0903 e. The van der Waals surface area contributed by atoms with E-state index in [2.05, 4.69) is 45.4 Å². The van der Waals surface area contributed by atoms with Crippen molar-refractivity contribution in [2.75, 3.05) is 0 Å². The molecule has 0 aliphatic carbocycles. The molecule has 1 aromatic carbocycles. The Morgan fingerprint density at radius 2 is 2.17 bits per heavy atom. The van der Waals surface area contributed by atoms with Crippen molar-refractivity contribution in [1.29, 1.82) is 0 Å². The third-order valence-electron chi connectivity index (χ3n) is 2.92. The molecule has 0 bridgehead atoms. The van der Waals surface area contributed by atoms with Gasteiger partial charge in [0.15, 0.2) is 0 Å². The van der Waals surface area contributed by atoms with E-state index in [1.165, 1.54) is 15.6 Å². The molecule has 0 aliphatic heterocycles. The van der Waals surface area contributed by atoms with Crippen LogP contribution in [-0.2, 0) is 0 Å². The monoisotopic (exact) mass is 275 g/mol. The highest BCUT2D eigenvalue weighted by molar-refractivity contribution is 7.17. The molecule has 3 rings (SSSR count). The predicted octanol–water partition coefficient (Wildman–Crippen LogP) is 3.22. The quantitative estimate of drug-likeness (QED) is 0.570.